The number of nitrogens with one attached hydrogen (secondary N) is 1. The highest BCUT2D eigenvalue weighted by molar-refractivity contribution is 5.39. The molecule has 1 unspecified atom stereocenters. The maximum Gasteiger partial charge on any atom is 0.123 e. The summed E-state index contributed by atoms with van der Waals surface area (Å²) in [6, 6.07) is 6.84. The lowest BCUT2D eigenvalue weighted by molar-refractivity contribution is 0.287. The third-order valence-corrected chi connectivity index (χ3v) is 4.04. The average Bonchev–Trinajstić information content (AvgIpc) is 2.96. The highest BCUT2D eigenvalue weighted by atomic mass is 16.5. The smallest absolute Gasteiger partial charge is 0.123 e. The first kappa shape index (κ1) is 15.3. The van der Waals surface area contributed by atoms with Gasteiger partial charge in [0.15, 0.2) is 0 Å². The first-order valence-corrected chi connectivity index (χ1v) is 7.85. The number of aryl methyl sites for hydroxylation is 1. The molecule has 1 saturated heterocycles. The highest BCUT2D eigenvalue weighted by Crippen LogP contribution is 2.28. The zero-order valence-electron chi connectivity index (χ0n) is 13.1. The highest BCUT2D eigenvalue weighted by Gasteiger charge is 2.21. The molecule has 2 rings (SSSR count). The van der Waals surface area contributed by atoms with Crippen LogP contribution in [-0.2, 0) is 0 Å². The normalized spacial score (nSPS) is 17.4. The second kappa shape index (κ2) is 7.65. The standard InChI is InChI=1S/C17H28N2O/c1-4-9-18-16(13-19-10-5-6-11-19)15-12-14(2)7-8-17(15)20-3/h7-8,12,16,18H,4-6,9-11,13H2,1-3H3. The molecule has 0 aromatic heterocycles. The topological polar surface area (TPSA) is 24.5 Å². The molecule has 0 saturated carbocycles. The summed E-state index contributed by atoms with van der Waals surface area (Å²) in [5.41, 5.74) is 2.60. The fourth-order valence-electron chi connectivity index (χ4n) is 2.94. The van der Waals surface area contributed by atoms with Crippen LogP contribution < -0.4 is 10.1 Å². The van der Waals surface area contributed by atoms with E-state index in [0.717, 1.165) is 25.3 Å². The molecule has 112 valence electrons. The van der Waals surface area contributed by atoms with E-state index in [-0.39, 0.29) is 0 Å². The van der Waals surface area contributed by atoms with Crippen molar-refractivity contribution >= 4 is 0 Å². The van der Waals surface area contributed by atoms with E-state index in [1.807, 2.05) is 0 Å². The van der Waals surface area contributed by atoms with Crippen molar-refractivity contribution in [2.75, 3.05) is 33.3 Å². The first-order chi connectivity index (χ1) is 9.74. The van der Waals surface area contributed by atoms with Crippen LogP contribution in [0.1, 0.15) is 43.4 Å². The molecule has 1 aromatic carbocycles. The zero-order chi connectivity index (χ0) is 14.4. The van der Waals surface area contributed by atoms with Gasteiger partial charge in [0.1, 0.15) is 5.75 Å². The lowest BCUT2D eigenvalue weighted by atomic mass is 10.0. The van der Waals surface area contributed by atoms with Gasteiger partial charge in [0, 0.05) is 18.2 Å². The van der Waals surface area contributed by atoms with Crippen molar-refractivity contribution in [3.63, 3.8) is 0 Å². The molecule has 0 bridgehead atoms. The number of methoxy groups -OCH3 is 1. The van der Waals surface area contributed by atoms with Crippen molar-refractivity contribution < 1.29 is 4.74 Å². The van der Waals surface area contributed by atoms with E-state index in [0.29, 0.717) is 6.04 Å². The second-order valence-corrected chi connectivity index (χ2v) is 5.76. The minimum Gasteiger partial charge on any atom is -0.496 e. The Hall–Kier alpha value is -1.06. The number of hydrogen-bond donors (Lipinski definition) is 1. The van der Waals surface area contributed by atoms with Crippen LogP contribution in [0.15, 0.2) is 18.2 Å². The van der Waals surface area contributed by atoms with E-state index < -0.39 is 0 Å². The van der Waals surface area contributed by atoms with E-state index in [1.165, 1.54) is 37.1 Å². The Morgan fingerprint density at radius 2 is 2.05 bits per heavy atom. The molecular formula is C17H28N2O. The van der Waals surface area contributed by atoms with Gasteiger partial charge in [-0.15, -0.1) is 0 Å². The largest absolute Gasteiger partial charge is 0.496 e. The van der Waals surface area contributed by atoms with Crippen LogP contribution in [0.5, 0.6) is 5.75 Å². The third kappa shape index (κ3) is 3.97. The van der Waals surface area contributed by atoms with Crippen LogP contribution in [0, 0.1) is 6.92 Å². The van der Waals surface area contributed by atoms with Crippen molar-refractivity contribution in [3.05, 3.63) is 29.3 Å². The minimum absolute atomic E-state index is 0.364. The molecule has 0 spiro atoms. The zero-order valence-corrected chi connectivity index (χ0v) is 13.1. The molecule has 3 heteroatoms. The van der Waals surface area contributed by atoms with Crippen molar-refractivity contribution in [2.45, 2.75) is 39.2 Å². The molecule has 3 nitrogen and oxygen atoms in total. The number of hydrogen-bond acceptors (Lipinski definition) is 3. The van der Waals surface area contributed by atoms with Crippen molar-refractivity contribution in [3.8, 4) is 5.75 Å². The third-order valence-electron chi connectivity index (χ3n) is 4.04. The van der Waals surface area contributed by atoms with Gasteiger partial charge in [0.05, 0.1) is 7.11 Å². The maximum atomic E-state index is 5.57. The molecule has 1 aliphatic heterocycles. The Bertz CT molecular complexity index is 413. The molecule has 1 heterocycles. The summed E-state index contributed by atoms with van der Waals surface area (Å²) >= 11 is 0. The van der Waals surface area contributed by atoms with E-state index in [2.05, 4.69) is 42.3 Å². The van der Waals surface area contributed by atoms with Crippen LogP contribution in [0.2, 0.25) is 0 Å². The summed E-state index contributed by atoms with van der Waals surface area (Å²) in [5, 5.41) is 3.69. The van der Waals surface area contributed by atoms with E-state index >= 15 is 0 Å². The lowest BCUT2D eigenvalue weighted by Gasteiger charge is -2.26. The van der Waals surface area contributed by atoms with Crippen LogP contribution in [0.3, 0.4) is 0 Å². The molecule has 1 N–H and O–H groups in total. The molecule has 0 radical (unpaired) electrons. The monoisotopic (exact) mass is 276 g/mol. The minimum atomic E-state index is 0.364. The fourth-order valence-corrected chi connectivity index (χ4v) is 2.94. The Kier molecular flexibility index (Phi) is 5.86. The summed E-state index contributed by atoms with van der Waals surface area (Å²) in [5.74, 6) is 1.00. The molecule has 1 fully saturated rings. The van der Waals surface area contributed by atoms with E-state index in [9.17, 15) is 0 Å². The molecule has 1 aromatic rings. The lowest BCUT2D eigenvalue weighted by Crippen LogP contribution is -2.34. The van der Waals surface area contributed by atoms with Gasteiger partial charge in [-0.05, 0) is 51.9 Å². The van der Waals surface area contributed by atoms with Crippen LogP contribution in [0.4, 0.5) is 0 Å². The van der Waals surface area contributed by atoms with Gasteiger partial charge in [-0.3, -0.25) is 0 Å². The van der Waals surface area contributed by atoms with Crippen molar-refractivity contribution in [2.24, 2.45) is 0 Å². The summed E-state index contributed by atoms with van der Waals surface area (Å²) in [4.78, 5) is 2.56. The molecular weight excluding hydrogens is 248 g/mol. The summed E-state index contributed by atoms with van der Waals surface area (Å²) in [6.45, 7) is 8.97. The van der Waals surface area contributed by atoms with E-state index in [1.54, 1.807) is 7.11 Å². The molecule has 1 atom stereocenters. The number of benzene rings is 1. The molecule has 20 heavy (non-hydrogen) atoms. The summed E-state index contributed by atoms with van der Waals surface area (Å²) < 4.78 is 5.57. The molecule has 0 aliphatic carbocycles. The summed E-state index contributed by atoms with van der Waals surface area (Å²) in [6.07, 6.45) is 3.83. The second-order valence-electron chi connectivity index (χ2n) is 5.76. The Morgan fingerprint density at radius 3 is 2.70 bits per heavy atom. The molecule has 1 aliphatic rings. The summed E-state index contributed by atoms with van der Waals surface area (Å²) in [7, 11) is 1.76. The van der Waals surface area contributed by atoms with Crippen LogP contribution in [-0.4, -0.2) is 38.2 Å². The first-order valence-electron chi connectivity index (χ1n) is 7.85. The van der Waals surface area contributed by atoms with Gasteiger partial charge in [-0.1, -0.05) is 24.6 Å². The van der Waals surface area contributed by atoms with Crippen LogP contribution >= 0.6 is 0 Å². The van der Waals surface area contributed by atoms with Gasteiger partial charge in [0.2, 0.25) is 0 Å². The predicted molar refractivity (Wildman–Crippen MR) is 84.4 cm³/mol. The van der Waals surface area contributed by atoms with Crippen LogP contribution in [0.25, 0.3) is 0 Å². The van der Waals surface area contributed by atoms with Gasteiger partial charge in [-0.25, -0.2) is 0 Å². The number of nitrogens with zero attached hydrogens (tertiary/aromatic N) is 1. The number of rotatable bonds is 7. The Balaban J connectivity index is 2.17. The predicted octanol–water partition coefficient (Wildman–Crippen LogP) is 3.14. The fraction of sp³-hybridized carbons (Fsp3) is 0.647. The number of ether oxygens (including phenoxy) is 1. The van der Waals surface area contributed by atoms with E-state index in [4.69, 9.17) is 4.74 Å². The van der Waals surface area contributed by atoms with Gasteiger partial charge < -0.3 is 15.0 Å². The van der Waals surface area contributed by atoms with Gasteiger partial charge in [-0.2, -0.15) is 0 Å². The quantitative estimate of drug-likeness (QED) is 0.828. The Morgan fingerprint density at radius 1 is 1.30 bits per heavy atom. The van der Waals surface area contributed by atoms with Gasteiger partial charge in [0.25, 0.3) is 0 Å². The van der Waals surface area contributed by atoms with Gasteiger partial charge >= 0.3 is 0 Å². The maximum absolute atomic E-state index is 5.57. The van der Waals surface area contributed by atoms with Crippen molar-refractivity contribution in [1.29, 1.82) is 0 Å². The molecule has 0 amide bonds. The number of likely N-dealkylation sites (tertiary alicyclic amines) is 1. The SMILES string of the molecule is CCCNC(CN1CCCC1)c1cc(C)ccc1OC. The van der Waals surface area contributed by atoms with Crippen molar-refractivity contribution in [1.82, 2.24) is 10.2 Å². The Labute approximate surface area is 123 Å². The average molecular weight is 276 g/mol.